The molecule has 1 aromatic carbocycles. The first-order valence-electron chi connectivity index (χ1n) is 6.70. The van der Waals surface area contributed by atoms with Gasteiger partial charge in [0.1, 0.15) is 0 Å². The van der Waals surface area contributed by atoms with Crippen LogP contribution in [0.3, 0.4) is 0 Å². The van der Waals surface area contributed by atoms with Gasteiger partial charge in [0.25, 0.3) is 0 Å². The second kappa shape index (κ2) is 7.30. The third-order valence-corrected chi connectivity index (χ3v) is 3.99. The van der Waals surface area contributed by atoms with Gasteiger partial charge in [-0.1, -0.05) is 43.1 Å². The lowest BCUT2D eigenvalue weighted by atomic mass is 9.84. The van der Waals surface area contributed by atoms with Gasteiger partial charge in [0.05, 0.1) is 10.0 Å². The molecule has 0 saturated carbocycles. The number of nitrogens with one attached hydrogen (secondary N) is 1. The molecule has 3 N–H and O–H groups in total. The Morgan fingerprint density at radius 3 is 2.55 bits per heavy atom. The highest BCUT2D eigenvalue weighted by atomic mass is 35.5. The van der Waals surface area contributed by atoms with Crippen LogP contribution in [0.1, 0.15) is 39.2 Å². The lowest BCUT2D eigenvalue weighted by Gasteiger charge is -2.26. The van der Waals surface area contributed by atoms with E-state index in [-0.39, 0.29) is 17.4 Å². The zero-order valence-electron chi connectivity index (χ0n) is 12.2. The minimum Gasteiger partial charge on any atom is -0.355 e. The molecule has 3 nitrogen and oxygen atoms in total. The maximum Gasteiger partial charge on any atom is 0.220 e. The van der Waals surface area contributed by atoms with E-state index in [9.17, 15) is 4.79 Å². The largest absolute Gasteiger partial charge is 0.355 e. The number of hydrogen-bond acceptors (Lipinski definition) is 2. The molecule has 112 valence electrons. The quantitative estimate of drug-likeness (QED) is 0.843. The molecular weight excluding hydrogens is 295 g/mol. The fourth-order valence-electron chi connectivity index (χ4n) is 1.79. The van der Waals surface area contributed by atoms with Crippen LogP contribution in [0.25, 0.3) is 0 Å². The topological polar surface area (TPSA) is 55.1 Å². The van der Waals surface area contributed by atoms with Gasteiger partial charge in [0, 0.05) is 24.4 Å². The van der Waals surface area contributed by atoms with Crippen LogP contribution in [0.5, 0.6) is 0 Å². The van der Waals surface area contributed by atoms with Crippen LogP contribution >= 0.6 is 23.2 Å². The van der Waals surface area contributed by atoms with Crippen molar-refractivity contribution in [1.82, 2.24) is 5.32 Å². The van der Waals surface area contributed by atoms with E-state index in [1.165, 1.54) is 0 Å². The van der Waals surface area contributed by atoms with Crippen LogP contribution < -0.4 is 11.1 Å². The number of hydrogen-bond donors (Lipinski definition) is 2. The lowest BCUT2D eigenvalue weighted by Crippen LogP contribution is -2.37. The average Bonchev–Trinajstić information content (AvgIpc) is 2.37. The van der Waals surface area contributed by atoms with Gasteiger partial charge in [-0.05, 0) is 31.0 Å². The van der Waals surface area contributed by atoms with Gasteiger partial charge in [-0.2, -0.15) is 0 Å². The summed E-state index contributed by atoms with van der Waals surface area (Å²) in [5, 5.41) is 4.00. The van der Waals surface area contributed by atoms with Crippen molar-refractivity contribution in [3.05, 3.63) is 33.8 Å². The second-order valence-electron chi connectivity index (χ2n) is 5.81. The Balaban J connectivity index is 2.60. The van der Waals surface area contributed by atoms with Crippen LogP contribution in [-0.4, -0.2) is 18.5 Å². The lowest BCUT2D eigenvalue weighted by molar-refractivity contribution is -0.121. The molecule has 0 fully saturated rings. The summed E-state index contributed by atoms with van der Waals surface area (Å²) in [7, 11) is 0. The van der Waals surface area contributed by atoms with Crippen molar-refractivity contribution in [2.24, 2.45) is 5.73 Å². The molecule has 1 amide bonds. The fourth-order valence-corrected chi connectivity index (χ4v) is 2.08. The Labute approximate surface area is 130 Å². The highest BCUT2D eigenvalue weighted by Gasteiger charge is 2.22. The van der Waals surface area contributed by atoms with Gasteiger partial charge in [0.15, 0.2) is 0 Å². The number of carbonyl (C=O) groups excluding carboxylic acids is 1. The number of benzene rings is 1. The van der Waals surface area contributed by atoms with Gasteiger partial charge >= 0.3 is 0 Å². The molecular formula is C15H22Cl2N2O. The molecule has 1 atom stereocenters. The zero-order valence-corrected chi connectivity index (χ0v) is 13.7. The van der Waals surface area contributed by atoms with Crippen molar-refractivity contribution in [1.29, 1.82) is 0 Å². The second-order valence-corrected chi connectivity index (χ2v) is 6.62. The van der Waals surface area contributed by atoms with E-state index in [0.29, 0.717) is 29.4 Å². The van der Waals surface area contributed by atoms with Crippen LogP contribution in [0.2, 0.25) is 10.0 Å². The normalized spacial score (nSPS) is 13.1. The summed E-state index contributed by atoms with van der Waals surface area (Å²) in [6.07, 6.45) is 1.15. The molecule has 0 aliphatic heterocycles. The average molecular weight is 317 g/mol. The SMILES string of the molecule is CC(N)CCC(=O)NCC(C)(C)c1ccc(Cl)c(Cl)c1. The Kier molecular flexibility index (Phi) is 6.31. The zero-order chi connectivity index (χ0) is 15.3. The smallest absolute Gasteiger partial charge is 0.220 e. The van der Waals surface area contributed by atoms with Crippen molar-refractivity contribution < 1.29 is 4.79 Å². The molecule has 0 heterocycles. The van der Waals surface area contributed by atoms with Crippen molar-refractivity contribution in [3.63, 3.8) is 0 Å². The molecule has 0 saturated heterocycles. The van der Waals surface area contributed by atoms with E-state index in [4.69, 9.17) is 28.9 Å². The first-order chi connectivity index (χ1) is 9.22. The molecule has 5 heteroatoms. The van der Waals surface area contributed by atoms with Crippen molar-refractivity contribution in [2.45, 2.75) is 45.1 Å². The molecule has 0 spiro atoms. The van der Waals surface area contributed by atoms with Crippen molar-refractivity contribution in [3.8, 4) is 0 Å². The van der Waals surface area contributed by atoms with Crippen LogP contribution in [-0.2, 0) is 10.2 Å². The third-order valence-electron chi connectivity index (χ3n) is 3.26. The summed E-state index contributed by atoms with van der Waals surface area (Å²) in [6.45, 7) is 6.55. The summed E-state index contributed by atoms with van der Waals surface area (Å²) < 4.78 is 0. The maximum atomic E-state index is 11.7. The predicted octanol–water partition coefficient (Wildman–Crippen LogP) is 3.51. The van der Waals surface area contributed by atoms with Gasteiger partial charge < -0.3 is 11.1 Å². The minimum atomic E-state index is -0.210. The number of nitrogens with two attached hydrogens (primary N) is 1. The van der Waals surface area contributed by atoms with Gasteiger partial charge in [-0.15, -0.1) is 0 Å². The monoisotopic (exact) mass is 316 g/mol. The number of halogens is 2. The van der Waals surface area contributed by atoms with Crippen molar-refractivity contribution in [2.75, 3.05) is 6.54 Å². The molecule has 0 bridgehead atoms. The number of amides is 1. The molecule has 0 aliphatic carbocycles. The number of rotatable bonds is 6. The third kappa shape index (κ3) is 5.31. The highest BCUT2D eigenvalue weighted by Crippen LogP contribution is 2.29. The van der Waals surface area contributed by atoms with Crippen LogP contribution in [0, 0.1) is 0 Å². The molecule has 20 heavy (non-hydrogen) atoms. The molecule has 0 aliphatic rings. The van der Waals surface area contributed by atoms with E-state index in [2.05, 4.69) is 19.2 Å². The van der Waals surface area contributed by atoms with E-state index in [1.807, 2.05) is 19.1 Å². The number of carbonyl (C=O) groups is 1. The summed E-state index contributed by atoms with van der Waals surface area (Å²) in [6, 6.07) is 5.60. The Morgan fingerprint density at radius 2 is 2.00 bits per heavy atom. The van der Waals surface area contributed by atoms with E-state index in [0.717, 1.165) is 5.56 Å². The summed E-state index contributed by atoms with van der Waals surface area (Å²) in [5.41, 5.74) is 6.47. The summed E-state index contributed by atoms with van der Waals surface area (Å²) in [4.78, 5) is 11.7. The van der Waals surface area contributed by atoms with Gasteiger partial charge in [0.2, 0.25) is 5.91 Å². The van der Waals surface area contributed by atoms with Crippen LogP contribution in [0.4, 0.5) is 0 Å². The molecule has 1 rings (SSSR count). The van der Waals surface area contributed by atoms with Gasteiger partial charge in [-0.25, -0.2) is 0 Å². The Bertz CT molecular complexity index is 473. The maximum absolute atomic E-state index is 11.7. The fraction of sp³-hybridized carbons (Fsp3) is 0.533. The van der Waals surface area contributed by atoms with E-state index in [1.54, 1.807) is 6.07 Å². The Morgan fingerprint density at radius 1 is 1.35 bits per heavy atom. The molecule has 1 unspecified atom stereocenters. The predicted molar refractivity (Wildman–Crippen MR) is 85.4 cm³/mol. The molecule has 1 aromatic rings. The van der Waals surface area contributed by atoms with Gasteiger partial charge in [-0.3, -0.25) is 4.79 Å². The molecule has 0 aromatic heterocycles. The Hall–Kier alpha value is -0.770. The van der Waals surface area contributed by atoms with Crippen LogP contribution in [0.15, 0.2) is 18.2 Å². The standard InChI is InChI=1S/C15H22Cl2N2O/c1-10(18)4-7-14(20)19-9-15(2,3)11-5-6-12(16)13(17)8-11/h5-6,8,10H,4,7,9,18H2,1-3H3,(H,19,20). The van der Waals surface area contributed by atoms with E-state index < -0.39 is 0 Å². The summed E-state index contributed by atoms with van der Waals surface area (Å²) >= 11 is 11.9. The molecule has 0 radical (unpaired) electrons. The highest BCUT2D eigenvalue weighted by molar-refractivity contribution is 6.42. The summed E-state index contributed by atoms with van der Waals surface area (Å²) in [5.74, 6) is 0.0236. The minimum absolute atomic E-state index is 0.0236. The first kappa shape index (κ1) is 17.3. The van der Waals surface area contributed by atoms with E-state index >= 15 is 0 Å². The van der Waals surface area contributed by atoms with Crippen molar-refractivity contribution >= 4 is 29.1 Å². The first-order valence-corrected chi connectivity index (χ1v) is 7.46.